The fraction of sp³-hybridized carbons (Fsp3) is 0.364. The molecule has 0 saturated carbocycles. The van der Waals surface area contributed by atoms with E-state index in [0.717, 1.165) is 6.26 Å². The minimum atomic E-state index is -3.16. The molecule has 0 radical (unpaired) electrons. The van der Waals surface area contributed by atoms with Crippen LogP contribution in [0.15, 0.2) is 16.6 Å². The lowest BCUT2D eigenvalue weighted by Gasteiger charge is -2.13. The van der Waals surface area contributed by atoms with Crippen molar-refractivity contribution in [2.75, 3.05) is 17.3 Å². The van der Waals surface area contributed by atoms with Gasteiger partial charge in [0.25, 0.3) is 0 Å². The summed E-state index contributed by atoms with van der Waals surface area (Å²) in [5.41, 5.74) is 5.95. The Labute approximate surface area is 135 Å². The maximum absolute atomic E-state index is 11.8. The van der Waals surface area contributed by atoms with E-state index < -0.39 is 21.8 Å². The van der Waals surface area contributed by atoms with Crippen LogP contribution >= 0.6 is 39.1 Å². The van der Waals surface area contributed by atoms with Crippen LogP contribution < -0.4 is 11.1 Å². The monoisotopic (exact) mass is 402 g/mol. The number of nitrogens with one attached hydrogen (secondary N) is 1. The van der Waals surface area contributed by atoms with Crippen molar-refractivity contribution in [1.29, 1.82) is 0 Å². The lowest BCUT2D eigenvalue weighted by Crippen LogP contribution is -2.37. The molecule has 9 heteroatoms. The Balaban J connectivity index is 2.74. The third-order valence-corrected chi connectivity index (χ3v) is 5.18. The molecular weight excluding hydrogens is 391 g/mol. The topological polar surface area (TPSA) is 89.3 Å². The van der Waals surface area contributed by atoms with Gasteiger partial charge in [0.15, 0.2) is 0 Å². The minimum Gasteiger partial charge on any atom is -0.323 e. The molecule has 20 heavy (non-hydrogen) atoms. The zero-order valence-electron chi connectivity index (χ0n) is 10.5. The molecule has 1 aromatic carbocycles. The van der Waals surface area contributed by atoms with Gasteiger partial charge < -0.3 is 11.1 Å². The van der Waals surface area contributed by atoms with E-state index in [1.807, 2.05) is 0 Å². The summed E-state index contributed by atoms with van der Waals surface area (Å²) in [5.74, 6) is -0.676. The summed E-state index contributed by atoms with van der Waals surface area (Å²) in [6.45, 7) is 0. The van der Waals surface area contributed by atoms with Crippen molar-refractivity contribution in [2.24, 2.45) is 5.73 Å². The summed E-state index contributed by atoms with van der Waals surface area (Å²) in [6, 6.07) is 2.26. The second-order valence-corrected chi connectivity index (χ2v) is 8.11. The number of anilines is 1. The Hall–Kier alpha value is -0.340. The Morgan fingerprint density at radius 3 is 2.55 bits per heavy atom. The third-order valence-electron chi connectivity index (χ3n) is 2.43. The molecule has 5 nitrogen and oxygen atoms in total. The minimum absolute atomic E-state index is 0.0343. The molecule has 3 N–H and O–H groups in total. The predicted molar refractivity (Wildman–Crippen MR) is 85.1 cm³/mol. The van der Waals surface area contributed by atoms with Crippen LogP contribution in [0.25, 0.3) is 0 Å². The first-order valence-electron chi connectivity index (χ1n) is 5.49. The number of hydrogen-bond donors (Lipinski definition) is 2. The Kier molecular flexibility index (Phi) is 6.27. The Morgan fingerprint density at radius 2 is 2.00 bits per heavy atom. The molecule has 0 aliphatic carbocycles. The number of sulfone groups is 1. The van der Waals surface area contributed by atoms with Gasteiger partial charge in [-0.3, -0.25) is 4.79 Å². The van der Waals surface area contributed by atoms with Crippen LogP contribution in [0.5, 0.6) is 0 Å². The Bertz CT molecular complexity index is 622. The highest BCUT2D eigenvalue weighted by atomic mass is 79.9. The largest absolute Gasteiger partial charge is 0.323 e. The van der Waals surface area contributed by atoms with Crippen molar-refractivity contribution in [3.05, 3.63) is 26.7 Å². The summed E-state index contributed by atoms with van der Waals surface area (Å²) in [6.07, 6.45) is 1.12. The van der Waals surface area contributed by atoms with Gasteiger partial charge in [-0.15, -0.1) is 0 Å². The van der Waals surface area contributed by atoms with E-state index in [1.165, 1.54) is 0 Å². The molecule has 1 aromatic rings. The summed E-state index contributed by atoms with van der Waals surface area (Å²) in [4.78, 5) is 11.8. The number of carbonyl (C=O) groups is 1. The summed E-state index contributed by atoms with van der Waals surface area (Å²) >= 11 is 15.1. The fourth-order valence-electron chi connectivity index (χ4n) is 1.32. The molecule has 1 amide bonds. The molecule has 0 saturated heterocycles. The zero-order chi connectivity index (χ0) is 15.5. The smallest absolute Gasteiger partial charge is 0.241 e. The van der Waals surface area contributed by atoms with E-state index in [4.69, 9.17) is 28.9 Å². The molecule has 1 rings (SSSR count). The Morgan fingerprint density at radius 1 is 1.40 bits per heavy atom. The molecule has 0 aliphatic rings. The molecule has 112 valence electrons. The van der Waals surface area contributed by atoms with Gasteiger partial charge in [-0.1, -0.05) is 23.2 Å². The van der Waals surface area contributed by atoms with Gasteiger partial charge in [0.05, 0.1) is 27.5 Å². The van der Waals surface area contributed by atoms with Crippen LogP contribution in [0, 0.1) is 0 Å². The first kappa shape index (κ1) is 17.7. The van der Waals surface area contributed by atoms with E-state index in [9.17, 15) is 13.2 Å². The number of hydrogen-bond acceptors (Lipinski definition) is 4. The lowest BCUT2D eigenvalue weighted by molar-refractivity contribution is -0.117. The fourth-order valence-corrected chi connectivity index (χ4v) is 2.82. The molecular formula is C11H13BrCl2N2O3S. The van der Waals surface area contributed by atoms with E-state index in [-0.39, 0.29) is 22.2 Å². The number of halogens is 3. The van der Waals surface area contributed by atoms with Gasteiger partial charge in [-0.05, 0) is 34.5 Å². The number of amides is 1. The summed E-state index contributed by atoms with van der Waals surface area (Å²) in [7, 11) is -3.16. The van der Waals surface area contributed by atoms with Crippen molar-refractivity contribution in [3.63, 3.8) is 0 Å². The molecule has 1 unspecified atom stereocenters. The van der Waals surface area contributed by atoms with Crippen LogP contribution in [0.4, 0.5) is 5.69 Å². The standard InChI is InChI=1S/C11H13BrCl2N2O3S/c1-20(18,19)5-4-7(15)11(17)16-8-3-2-6(12)9(13)10(8)14/h2-3,7H,4-5,15H2,1H3,(H,16,17). The molecule has 0 aliphatic heterocycles. The van der Waals surface area contributed by atoms with E-state index >= 15 is 0 Å². The van der Waals surface area contributed by atoms with Crippen LogP contribution in [0.1, 0.15) is 6.42 Å². The lowest BCUT2D eigenvalue weighted by atomic mass is 10.2. The molecule has 0 heterocycles. The van der Waals surface area contributed by atoms with Gasteiger partial charge in [0.1, 0.15) is 9.84 Å². The maximum Gasteiger partial charge on any atom is 0.241 e. The van der Waals surface area contributed by atoms with Crippen molar-refractivity contribution >= 4 is 60.6 Å². The maximum atomic E-state index is 11.8. The second-order valence-electron chi connectivity index (χ2n) is 4.24. The van der Waals surface area contributed by atoms with E-state index in [0.29, 0.717) is 10.2 Å². The summed E-state index contributed by atoms with van der Waals surface area (Å²) in [5, 5.41) is 2.98. The molecule has 1 atom stereocenters. The highest BCUT2D eigenvalue weighted by Gasteiger charge is 2.18. The van der Waals surface area contributed by atoms with Crippen molar-refractivity contribution in [2.45, 2.75) is 12.5 Å². The van der Waals surface area contributed by atoms with Crippen LogP contribution in [-0.4, -0.2) is 32.4 Å². The van der Waals surface area contributed by atoms with Gasteiger partial charge in [-0.25, -0.2) is 8.42 Å². The first-order chi connectivity index (χ1) is 9.11. The van der Waals surface area contributed by atoms with Crippen LogP contribution in [0.2, 0.25) is 10.0 Å². The average Bonchev–Trinajstić information content (AvgIpc) is 2.35. The van der Waals surface area contributed by atoms with Crippen molar-refractivity contribution < 1.29 is 13.2 Å². The third kappa shape index (κ3) is 5.21. The normalized spacial score (nSPS) is 13.1. The second kappa shape index (κ2) is 7.09. The quantitative estimate of drug-likeness (QED) is 0.739. The average molecular weight is 404 g/mol. The summed E-state index contributed by atoms with van der Waals surface area (Å²) < 4.78 is 22.6. The zero-order valence-corrected chi connectivity index (χ0v) is 14.4. The first-order valence-corrected chi connectivity index (χ1v) is 9.10. The molecule has 0 aromatic heterocycles. The van der Waals surface area contributed by atoms with Crippen LogP contribution in [0.3, 0.4) is 0 Å². The van der Waals surface area contributed by atoms with Gasteiger partial charge in [-0.2, -0.15) is 0 Å². The predicted octanol–water partition coefficient (Wildman–Crippen LogP) is 2.46. The number of carbonyl (C=O) groups excluding carboxylic acids is 1. The highest BCUT2D eigenvalue weighted by molar-refractivity contribution is 9.10. The molecule has 0 bridgehead atoms. The van der Waals surface area contributed by atoms with Gasteiger partial charge in [0, 0.05) is 10.7 Å². The highest BCUT2D eigenvalue weighted by Crippen LogP contribution is 2.35. The van der Waals surface area contributed by atoms with E-state index in [1.54, 1.807) is 12.1 Å². The number of benzene rings is 1. The number of rotatable bonds is 5. The van der Waals surface area contributed by atoms with Crippen molar-refractivity contribution in [1.82, 2.24) is 0 Å². The van der Waals surface area contributed by atoms with E-state index in [2.05, 4.69) is 21.2 Å². The van der Waals surface area contributed by atoms with Crippen molar-refractivity contribution in [3.8, 4) is 0 Å². The van der Waals surface area contributed by atoms with Crippen LogP contribution in [-0.2, 0) is 14.6 Å². The van der Waals surface area contributed by atoms with Gasteiger partial charge >= 0.3 is 0 Å². The molecule has 0 fully saturated rings. The van der Waals surface area contributed by atoms with Gasteiger partial charge in [0.2, 0.25) is 5.91 Å². The molecule has 0 spiro atoms. The number of nitrogens with two attached hydrogens (primary N) is 1. The SMILES string of the molecule is CS(=O)(=O)CCC(N)C(=O)Nc1ccc(Br)c(Cl)c1Cl.